The third-order valence-electron chi connectivity index (χ3n) is 4.31. The summed E-state index contributed by atoms with van der Waals surface area (Å²) in [5, 5.41) is 0. The van der Waals surface area contributed by atoms with Crippen LogP contribution in [0.5, 0.6) is 5.75 Å². The molecule has 1 atom stereocenters. The van der Waals surface area contributed by atoms with Gasteiger partial charge in [0.1, 0.15) is 5.75 Å². The van der Waals surface area contributed by atoms with E-state index in [-0.39, 0.29) is 0 Å². The molecular weight excluding hydrogens is 210 g/mol. The molecule has 1 aromatic carbocycles. The van der Waals surface area contributed by atoms with Gasteiger partial charge in [0.05, 0.1) is 7.11 Å². The van der Waals surface area contributed by atoms with E-state index < -0.39 is 0 Å². The Bertz CT molecular complexity index is 427. The molecule has 0 aromatic heterocycles. The van der Waals surface area contributed by atoms with Crippen LogP contribution < -0.4 is 4.74 Å². The Balaban J connectivity index is 2.12. The summed E-state index contributed by atoms with van der Waals surface area (Å²) in [7, 11) is 4.04. The molecule has 3 rings (SSSR count). The highest BCUT2D eigenvalue weighted by atomic mass is 16.5. The molecule has 1 aromatic rings. The monoisotopic (exact) mass is 231 g/mol. The minimum Gasteiger partial charge on any atom is -0.496 e. The average molecular weight is 231 g/mol. The molecule has 2 aliphatic rings. The quantitative estimate of drug-likeness (QED) is 0.736. The Labute approximate surface area is 104 Å². The van der Waals surface area contributed by atoms with Gasteiger partial charge in [-0.2, -0.15) is 0 Å². The van der Waals surface area contributed by atoms with Crippen LogP contribution in [-0.2, 0) is 12.8 Å². The molecule has 2 nitrogen and oxygen atoms in total. The van der Waals surface area contributed by atoms with Crippen molar-refractivity contribution in [2.45, 2.75) is 31.6 Å². The predicted octanol–water partition coefficient (Wildman–Crippen LogP) is 2.60. The van der Waals surface area contributed by atoms with Crippen LogP contribution in [0.25, 0.3) is 0 Å². The van der Waals surface area contributed by atoms with Crippen LogP contribution >= 0.6 is 0 Å². The Morgan fingerprint density at radius 2 is 2.18 bits per heavy atom. The first-order valence-electron chi connectivity index (χ1n) is 6.67. The Hall–Kier alpha value is -1.02. The van der Waals surface area contributed by atoms with Gasteiger partial charge in [-0.1, -0.05) is 6.07 Å². The van der Waals surface area contributed by atoms with Crippen molar-refractivity contribution in [2.24, 2.45) is 0 Å². The maximum atomic E-state index is 5.54. The lowest BCUT2D eigenvalue weighted by Gasteiger charge is -2.29. The molecule has 0 bridgehead atoms. The highest BCUT2D eigenvalue weighted by molar-refractivity contribution is 5.49. The second-order valence-electron chi connectivity index (χ2n) is 5.42. The molecule has 17 heavy (non-hydrogen) atoms. The number of likely N-dealkylation sites (N-methyl/N-ethyl adjacent to an activating group) is 1. The van der Waals surface area contributed by atoms with Gasteiger partial charge in [0.15, 0.2) is 0 Å². The summed E-state index contributed by atoms with van der Waals surface area (Å²) in [6.45, 7) is 2.41. The smallest absolute Gasteiger partial charge is 0.122 e. The van der Waals surface area contributed by atoms with Crippen LogP contribution in [0.1, 0.15) is 35.4 Å². The van der Waals surface area contributed by atoms with Gasteiger partial charge in [-0.05, 0) is 61.4 Å². The fourth-order valence-electron chi connectivity index (χ4n) is 3.50. The number of methoxy groups -OCH3 is 1. The van der Waals surface area contributed by atoms with Crippen molar-refractivity contribution in [2.75, 3.05) is 27.2 Å². The van der Waals surface area contributed by atoms with Crippen LogP contribution in [0.2, 0.25) is 0 Å². The van der Waals surface area contributed by atoms with Crippen LogP contribution in [0.3, 0.4) is 0 Å². The van der Waals surface area contributed by atoms with Gasteiger partial charge < -0.3 is 9.64 Å². The average Bonchev–Trinajstić information content (AvgIpc) is 2.51. The van der Waals surface area contributed by atoms with Crippen molar-refractivity contribution in [3.63, 3.8) is 0 Å². The van der Waals surface area contributed by atoms with Crippen molar-refractivity contribution < 1.29 is 4.74 Å². The van der Waals surface area contributed by atoms with Gasteiger partial charge in [0.2, 0.25) is 0 Å². The molecule has 0 N–H and O–H groups in total. The fourth-order valence-corrected chi connectivity index (χ4v) is 3.50. The van der Waals surface area contributed by atoms with Crippen molar-refractivity contribution in [3.8, 4) is 5.75 Å². The zero-order valence-electron chi connectivity index (χ0n) is 10.8. The summed E-state index contributed by atoms with van der Waals surface area (Å²) in [6, 6.07) is 4.46. The minimum absolute atomic E-state index is 0.733. The second-order valence-corrected chi connectivity index (χ2v) is 5.42. The third-order valence-corrected chi connectivity index (χ3v) is 4.31. The van der Waals surface area contributed by atoms with E-state index in [2.05, 4.69) is 24.1 Å². The number of ether oxygens (including phenoxy) is 1. The van der Waals surface area contributed by atoms with Crippen molar-refractivity contribution in [1.29, 1.82) is 0 Å². The minimum atomic E-state index is 0.733. The lowest BCUT2D eigenvalue weighted by Crippen LogP contribution is -2.25. The maximum Gasteiger partial charge on any atom is 0.122 e. The summed E-state index contributed by atoms with van der Waals surface area (Å²) < 4.78 is 5.54. The zero-order chi connectivity index (χ0) is 11.8. The van der Waals surface area contributed by atoms with Crippen molar-refractivity contribution >= 4 is 0 Å². The Kier molecular flexibility index (Phi) is 2.83. The topological polar surface area (TPSA) is 12.5 Å². The van der Waals surface area contributed by atoms with Crippen molar-refractivity contribution in [1.82, 2.24) is 4.90 Å². The van der Waals surface area contributed by atoms with E-state index in [9.17, 15) is 0 Å². The molecule has 0 saturated heterocycles. The standard InChI is InChI=1S/C15H21NO/c1-16-9-8-11-6-7-14(17-2)13-5-3-4-12(10-16)15(11)13/h6-7,12H,3-5,8-10H2,1-2H3. The molecule has 1 aliphatic carbocycles. The lowest BCUT2D eigenvalue weighted by molar-refractivity contribution is 0.312. The molecule has 1 unspecified atom stereocenters. The highest BCUT2D eigenvalue weighted by Crippen LogP contribution is 2.40. The predicted molar refractivity (Wildman–Crippen MR) is 69.9 cm³/mol. The summed E-state index contributed by atoms with van der Waals surface area (Å²) >= 11 is 0. The molecule has 1 aliphatic heterocycles. The summed E-state index contributed by atoms with van der Waals surface area (Å²) in [6.07, 6.45) is 5.05. The number of hydrogen-bond donors (Lipinski definition) is 0. The fraction of sp³-hybridized carbons (Fsp3) is 0.600. The van der Waals surface area contributed by atoms with E-state index >= 15 is 0 Å². The molecule has 0 fully saturated rings. The van der Waals surface area contributed by atoms with E-state index in [1.54, 1.807) is 18.2 Å². The SMILES string of the molecule is COc1ccc2c3c1CCCC3CN(C)CC2. The number of hydrogen-bond acceptors (Lipinski definition) is 2. The maximum absolute atomic E-state index is 5.54. The molecule has 0 saturated carbocycles. The molecular formula is C15H21NO. The van der Waals surface area contributed by atoms with Gasteiger partial charge in [-0.15, -0.1) is 0 Å². The van der Waals surface area contributed by atoms with Gasteiger partial charge in [0.25, 0.3) is 0 Å². The zero-order valence-corrected chi connectivity index (χ0v) is 10.8. The summed E-state index contributed by atoms with van der Waals surface area (Å²) in [5.41, 5.74) is 4.69. The lowest BCUT2D eigenvalue weighted by atomic mass is 9.79. The second kappa shape index (κ2) is 4.34. The van der Waals surface area contributed by atoms with Crippen LogP contribution in [0, 0.1) is 0 Å². The highest BCUT2D eigenvalue weighted by Gasteiger charge is 2.28. The number of nitrogens with zero attached hydrogens (tertiary/aromatic N) is 1. The summed E-state index contributed by atoms with van der Waals surface area (Å²) in [4.78, 5) is 2.48. The van der Waals surface area contributed by atoms with Gasteiger partial charge in [0, 0.05) is 13.1 Å². The number of rotatable bonds is 1. The van der Waals surface area contributed by atoms with Gasteiger partial charge in [-0.25, -0.2) is 0 Å². The van der Waals surface area contributed by atoms with E-state index in [1.165, 1.54) is 44.3 Å². The molecule has 0 amide bonds. The van der Waals surface area contributed by atoms with Crippen LogP contribution in [0.4, 0.5) is 0 Å². The van der Waals surface area contributed by atoms with E-state index in [4.69, 9.17) is 4.74 Å². The summed E-state index contributed by atoms with van der Waals surface area (Å²) in [5.74, 6) is 1.84. The molecule has 0 radical (unpaired) electrons. The van der Waals surface area contributed by atoms with Crippen molar-refractivity contribution in [3.05, 3.63) is 28.8 Å². The van der Waals surface area contributed by atoms with Crippen LogP contribution in [0.15, 0.2) is 12.1 Å². The largest absolute Gasteiger partial charge is 0.496 e. The van der Waals surface area contributed by atoms with E-state index in [1.807, 2.05) is 0 Å². The Morgan fingerprint density at radius 3 is 3.00 bits per heavy atom. The molecule has 92 valence electrons. The molecule has 2 heteroatoms. The molecule has 0 spiro atoms. The van der Waals surface area contributed by atoms with Gasteiger partial charge in [-0.3, -0.25) is 0 Å². The number of benzene rings is 1. The van der Waals surface area contributed by atoms with Crippen LogP contribution in [-0.4, -0.2) is 32.1 Å². The third kappa shape index (κ3) is 1.85. The normalized spacial score (nSPS) is 24.0. The molecule has 1 heterocycles. The first kappa shape index (κ1) is 11.1. The first-order valence-corrected chi connectivity index (χ1v) is 6.67. The van der Waals surface area contributed by atoms with E-state index in [0.717, 1.165) is 11.7 Å². The Morgan fingerprint density at radius 1 is 1.29 bits per heavy atom. The van der Waals surface area contributed by atoms with E-state index in [0.29, 0.717) is 0 Å². The first-order chi connectivity index (χ1) is 8.29. The van der Waals surface area contributed by atoms with Gasteiger partial charge >= 0.3 is 0 Å².